The molecule has 1 aromatic rings. The molecule has 0 aliphatic heterocycles. The minimum Gasteiger partial charge on any atom is -0.379 e. The van der Waals surface area contributed by atoms with Crippen molar-refractivity contribution in [3.8, 4) is 0 Å². The van der Waals surface area contributed by atoms with Crippen molar-refractivity contribution in [2.45, 2.75) is 31.9 Å². The predicted molar refractivity (Wildman–Crippen MR) is 62.0 cm³/mol. The van der Waals surface area contributed by atoms with Crippen LogP contribution in [0.4, 0.5) is 0 Å². The van der Waals surface area contributed by atoms with Gasteiger partial charge in [-0.1, -0.05) is 11.6 Å². The molecule has 1 unspecified atom stereocenters. The van der Waals surface area contributed by atoms with Gasteiger partial charge in [0.1, 0.15) is 0 Å². The van der Waals surface area contributed by atoms with E-state index in [1.807, 2.05) is 26.0 Å². The molecule has 0 bridgehead atoms. The number of ether oxygens (including phenoxy) is 1. The third kappa shape index (κ3) is 3.24. The van der Waals surface area contributed by atoms with Crippen LogP contribution in [0.5, 0.6) is 0 Å². The second-order valence-electron chi connectivity index (χ2n) is 3.92. The Labute approximate surface area is 94.0 Å². The number of hydrogen-bond donors (Lipinski definition) is 1. The van der Waals surface area contributed by atoms with Crippen molar-refractivity contribution in [1.29, 1.82) is 0 Å². The normalized spacial score (nSPS) is 14.4. The van der Waals surface area contributed by atoms with Crippen molar-refractivity contribution >= 4 is 22.9 Å². The zero-order chi connectivity index (χ0) is 10.8. The predicted octanol–water partition coefficient (Wildman–Crippen LogP) is 3.22. The zero-order valence-corrected chi connectivity index (χ0v) is 10.3. The minimum absolute atomic E-state index is 0.00227. The van der Waals surface area contributed by atoms with Gasteiger partial charge in [-0.05, 0) is 32.4 Å². The summed E-state index contributed by atoms with van der Waals surface area (Å²) in [5.41, 5.74) is 5.86. The van der Waals surface area contributed by atoms with E-state index >= 15 is 0 Å². The summed E-state index contributed by atoms with van der Waals surface area (Å²) in [6.07, 6.45) is 0.792. The van der Waals surface area contributed by atoms with Crippen LogP contribution in [0.2, 0.25) is 4.34 Å². The van der Waals surface area contributed by atoms with Crippen LogP contribution >= 0.6 is 22.9 Å². The third-order valence-corrected chi connectivity index (χ3v) is 3.59. The highest BCUT2D eigenvalue weighted by atomic mass is 35.5. The SMILES string of the molecule is COC(C)(C)CC(N)c1ccc(Cl)s1. The second kappa shape index (κ2) is 4.62. The summed E-state index contributed by atoms with van der Waals surface area (Å²) in [6, 6.07) is 3.85. The lowest BCUT2D eigenvalue weighted by atomic mass is 9.98. The number of thiophene rings is 1. The Balaban J connectivity index is 2.63. The Kier molecular flexibility index (Phi) is 3.95. The van der Waals surface area contributed by atoms with E-state index < -0.39 is 0 Å². The summed E-state index contributed by atoms with van der Waals surface area (Å²) in [4.78, 5) is 1.11. The fourth-order valence-corrected chi connectivity index (χ4v) is 2.30. The maximum absolute atomic E-state index is 6.04. The van der Waals surface area contributed by atoms with Crippen LogP contribution in [-0.4, -0.2) is 12.7 Å². The summed E-state index contributed by atoms with van der Waals surface area (Å²) in [5.74, 6) is 0. The van der Waals surface area contributed by atoms with Crippen LogP contribution in [0.25, 0.3) is 0 Å². The van der Waals surface area contributed by atoms with Gasteiger partial charge in [-0.2, -0.15) is 0 Å². The van der Waals surface area contributed by atoms with Gasteiger partial charge in [0.25, 0.3) is 0 Å². The lowest BCUT2D eigenvalue weighted by Gasteiger charge is -2.25. The van der Waals surface area contributed by atoms with E-state index in [1.54, 1.807) is 7.11 Å². The summed E-state index contributed by atoms with van der Waals surface area (Å²) in [7, 11) is 1.70. The van der Waals surface area contributed by atoms with E-state index in [4.69, 9.17) is 22.1 Å². The van der Waals surface area contributed by atoms with Gasteiger partial charge in [-0.25, -0.2) is 0 Å². The van der Waals surface area contributed by atoms with Gasteiger partial charge in [0, 0.05) is 18.0 Å². The molecular weight excluding hydrogens is 218 g/mol. The van der Waals surface area contributed by atoms with E-state index in [0.29, 0.717) is 0 Å². The van der Waals surface area contributed by atoms with Crippen LogP contribution < -0.4 is 5.73 Å². The van der Waals surface area contributed by atoms with Gasteiger partial charge in [-0.3, -0.25) is 0 Å². The van der Waals surface area contributed by atoms with E-state index in [2.05, 4.69) is 0 Å². The molecular formula is C10H16ClNOS. The molecule has 1 atom stereocenters. The maximum atomic E-state index is 6.04. The number of hydrogen-bond acceptors (Lipinski definition) is 3. The Morgan fingerprint density at radius 1 is 1.57 bits per heavy atom. The van der Waals surface area contributed by atoms with Crippen LogP contribution in [0.15, 0.2) is 12.1 Å². The van der Waals surface area contributed by atoms with E-state index in [9.17, 15) is 0 Å². The molecule has 0 aromatic carbocycles. The molecule has 0 saturated heterocycles. The molecule has 1 rings (SSSR count). The molecule has 14 heavy (non-hydrogen) atoms. The molecule has 2 nitrogen and oxygen atoms in total. The molecule has 1 heterocycles. The minimum atomic E-state index is -0.185. The third-order valence-electron chi connectivity index (χ3n) is 2.22. The fraction of sp³-hybridized carbons (Fsp3) is 0.600. The Bertz CT molecular complexity index is 298. The number of nitrogens with two attached hydrogens (primary N) is 1. The molecule has 2 N–H and O–H groups in total. The molecule has 4 heteroatoms. The highest BCUT2D eigenvalue weighted by molar-refractivity contribution is 7.16. The zero-order valence-electron chi connectivity index (χ0n) is 8.71. The first-order chi connectivity index (χ1) is 6.44. The maximum Gasteiger partial charge on any atom is 0.0931 e. The second-order valence-corrected chi connectivity index (χ2v) is 5.66. The van der Waals surface area contributed by atoms with Crippen molar-refractivity contribution < 1.29 is 4.74 Å². The smallest absolute Gasteiger partial charge is 0.0931 e. The van der Waals surface area contributed by atoms with Gasteiger partial charge in [0.15, 0.2) is 0 Å². The van der Waals surface area contributed by atoms with E-state index in [0.717, 1.165) is 15.6 Å². The summed E-state index contributed by atoms with van der Waals surface area (Å²) >= 11 is 7.37. The molecule has 0 spiro atoms. The van der Waals surface area contributed by atoms with E-state index in [-0.39, 0.29) is 11.6 Å². The quantitative estimate of drug-likeness (QED) is 0.867. The van der Waals surface area contributed by atoms with Crippen molar-refractivity contribution in [3.05, 3.63) is 21.3 Å². The van der Waals surface area contributed by atoms with Crippen molar-refractivity contribution in [2.75, 3.05) is 7.11 Å². The molecule has 0 fully saturated rings. The van der Waals surface area contributed by atoms with Crippen LogP contribution in [0, 0.1) is 0 Å². The van der Waals surface area contributed by atoms with Crippen molar-refractivity contribution in [3.63, 3.8) is 0 Å². The monoisotopic (exact) mass is 233 g/mol. The van der Waals surface area contributed by atoms with Crippen LogP contribution in [0.3, 0.4) is 0 Å². The number of methoxy groups -OCH3 is 1. The first-order valence-electron chi connectivity index (χ1n) is 4.50. The summed E-state index contributed by atoms with van der Waals surface area (Å²) in [6.45, 7) is 4.06. The molecule has 0 radical (unpaired) electrons. The Hall–Kier alpha value is -0.0900. The van der Waals surface area contributed by atoms with Crippen molar-refractivity contribution in [1.82, 2.24) is 0 Å². The lowest BCUT2D eigenvalue weighted by molar-refractivity contribution is 0.0102. The Morgan fingerprint density at radius 3 is 2.64 bits per heavy atom. The first kappa shape index (κ1) is 12.0. The lowest BCUT2D eigenvalue weighted by Crippen LogP contribution is -2.28. The highest BCUT2D eigenvalue weighted by Gasteiger charge is 2.22. The molecule has 0 aliphatic rings. The average Bonchev–Trinajstić information content (AvgIpc) is 2.51. The van der Waals surface area contributed by atoms with Crippen molar-refractivity contribution in [2.24, 2.45) is 5.73 Å². The highest BCUT2D eigenvalue weighted by Crippen LogP contribution is 2.30. The van der Waals surface area contributed by atoms with Gasteiger partial charge in [-0.15, -0.1) is 11.3 Å². The molecule has 80 valence electrons. The molecule has 0 amide bonds. The molecule has 0 aliphatic carbocycles. The van der Waals surface area contributed by atoms with Gasteiger partial charge in [0.2, 0.25) is 0 Å². The van der Waals surface area contributed by atoms with Crippen LogP contribution in [0.1, 0.15) is 31.2 Å². The average molecular weight is 234 g/mol. The molecule has 1 aromatic heterocycles. The van der Waals surface area contributed by atoms with Crippen LogP contribution in [-0.2, 0) is 4.74 Å². The largest absolute Gasteiger partial charge is 0.379 e. The molecule has 0 saturated carbocycles. The Morgan fingerprint density at radius 2 is 2.21 bits per heavy atom. The van der Waals surface area contributed by atoms with Gasteiger partial charge >= 0.3 is 0 Å². The van der Waals surface area contributed by atoms with E-state index in [1.165, 1.54) is 11.3 Å². The summed E-state index contributed by atoms with van der Waals surface area (Å²) < 4.78 is 6.11. The van der Waals surface area contributed by atoms with Gasteiger partial charge < -0.3 is 10.5 Å². The first-order valence-corrected chi connectivity index (χ1v) is 5.70. The fourth-order valence-electron chi connectivity index (χ4n) is 1.24. The van der Waals surface area contributed by atoms with Gasteiger partial charge in [0.05, 0.1) is 9.94 Å². The standard InChI is InChI=1S/C10H16ClNOS/c1-10(2,13-3)6-7(12)8-4-5-9(11)14-8/h4-5,7H,6,12H2,1-3H3. The number of halogens is 1. The number of rotatable bonds is 4. The topological polar surface area (TPSA) is 35.2 Å². The summed E-state index contributed by atoms with van der Waals surface area (Å²) in [5, 5.41) is 0.